The Morgan fingerprint density at radius 1 is 1.42 bits per heavy atom. The molecule has 0 fully saturated rings. The largest absolute Gasteiger partial charge is 0.195 e. The molecule has 12 heavy (non-hydrogen) atoms. The van der Waals surface area contributed by atoms with Gasteiger partial charge in [0.05, 0.1) is 10.8 Å². The average Bonchev–Trinajstić information content (AvgIpc) is 2.09. The molecular weight excluding hydrogens is 186 g/mol. The maximum Gasteiger partial charge on any atom is 0.0740 e. The summed E-state index contributed by atoms with van der Waals surface area (Å²) in [7, 11) is 0. The van der Waals surface area contributed by atoms with E-state index in [1.54, 1.807) is 0 Å². The summed E-state index contributed by atoms with van der Waals surface area (Å²) in [5, 5.41) is 2.34. The van der Waals surface area contributed by atoms with E-state index in [0.29, 0.717) is 0 Å². The Labute approximate surface area is 81.9 Å². The molecular formula is C9H9NS2. The van der Waals surface area contributed by atoms with Crippen LogP contribution in [-0.2, 0) is 0 Å². The number of hydrogen-bond donors (Lipinski definition) is 0. The van der Waals surface area contributed by atoms with Gasteiger partial charge in [-0.3, -0.25) is 0 Å². The summed E-state index contributed by atoms with van der Waals surface area (Å²) in [6.07, 6.45) is 0. The topological polar surface area (TPSA) is 12.4 Å². The third-order valence-corrected chi connectivity index (χ3v) is 2.31. The normalized spacial score (nSPS) is 9.08. The number of thioether (sulfide) groups is 1. The van der Waals surface area contributed by atoms with Crippen molar-refractivity contribution in [3.8, 4) is 0 Å². The van der Waals surface area contributed by atoms with Gasteiger partial charge in [-0.05, 0) is 42.2 Å². The third-order valence-electron chi connectivity index (χ3n) is 1.32. The van der Waals surface area contributed by atoms with E-state index in [2.05, 4.69) is 29.3 Å². The Bertz CT molecular complexity index is 286. The smallest absolute Gasteiger partial charge is 0.0740 e. The molecule has 0 atom stereocenters. The molecule has 0 radical (unpaired) electrons. The van der Waals surface area contributed by atoms with Crippen molar-refractivity contribution < 1.29 is 0 Å². The van der Waals surface area contributed by atoms with Gasteiger partial charge in [-0.2, -0.15) is 4.99 Å². The van der Waals surface area contributed by atoms with Gasteiger partial charge in [0, 0.05) is 4.90 Å². The summed E-state index contributed by atoms with van der Waals surface area (Å²) in [5.74, 6) is 1.09. The summed E-state index contributed by atoms with van der Waals surface area (Å²) in [6, 6.07) is 7.97. The van der Waals surface area contributed by atoms with E-state index in [1.165, 1.54) is 4.90 Å². The van der Waals surface area contributed by atoms with Crippen LogP contribution in [0.25, 0.3) is 0 Å². The van der Waals surface area contributed by atoms with E-state index in [9.17, 15) is 0 Å². The van der Waals surface area contributed by atoms with Gasteiger partial charge in [-0.15, -0.1) is 11.8 Å². The lowest BCUT2D eigenvalue weighted by molar-refractivity contribution is 1.41. The van der Waals surface area contributed by atoms with Crippen LogP contribution in [0.5, 0.6) is 0 Å². The molecule has 3 heteroatoms. The predicted octanol–water partition coefficient (Wildman–Crippen LogP) is 3.53. The van der Waals surface area contributed by atoms with Gasteiger partial charge < -0.3 is 0 Å². The van der Waals surface area contributed by atoms with Gasteiger partial charge in [-0.25, -0.2) is 0 Å². The van der Waals surface area contributed by atoms with Crippen LogP contribution >= 0.6 is 24.0 Å². The molecule has 0 unspecified atom stereocenters. The SMILES string of the molecule is CCSc1ccc(N=C=S)cc1. The first-order valence-corrected chi connectivity index (χ1v) is 5.07. The van der Waals surface area contributed by atoms with Crippen molar-refractivity contribution in [3.63, 3.8) is 0 Å². The second kappa shape index (κ2) is 5.09. The van der Waals surface area contributed by atoms with Gasteiger partial charge in [0.2, 0.25) is 0 Å². The van der Waals surface area contributed by atoms with Crippen LogP contribution < -0.4 is 0 Å². The van der Waals surface area contributed by atoms with E-state index in [1.807, 2.05) is 36.0 Å². The molecule has 0 aliphatic rings. The second-order valence-electron chi connectivity index (χ2n) is 2.13. The zero-order valence-electron chi connectivity index (χ0n) is 6.78. The van der Waals surface area contributed by atoms with Gasteiger partial charge in [0.1, 0.15) is 0 Å². The highest BCUT2D eigenvalue weighted by Gasteiger charge is 1.91. The Hall–Kier alpha value is -0.630. The fourth-order valence-electron chi connectivity index (χ4n) is 0.836. The first-order chi connectivity index (χ1) is 5.86. The van der Waals surface area contributed by atoms with E-state index in [0.717, 1.165) is 11.4 Å². The van der Waals surface area contributed by atoms with Crippen molar-refractivity contribution in [3.05, 3.63) is 24.3 Å². The quantitative estimate of drug-likeness (QED) is 0.415. The lowest BCUT2D eigenvalue weighted by Crippen LogP contribution is -1.70. The van der Waals surface area contributed by atoms with Crippen LogP contribution in [0.2, 0.25) is 0 Å². The highest BCUT2D eigenvalue weighted by molar-refractivity contribution is 7.99. The van der Waals surface area contributed by atoms with Crippen LogP contribution in [0.15, 0.2) is 34.2 Å². The van der Waals surface area contributed by atoms with Crippen LogP contribution in [0.3, 0.4) is 0 Å². The number of isothiocyanates is 1. The molecule has 0 spiro atoms. The molecule has 1 nitrogen and oxygen atoms in total. The van der Waals surface area contributed by atoms with E-state index in [4.69, 9.17) is 0 Å². The first-order valence-electron chi connectivity index (χ1n) is 3.67. The van der Waals surface area contributed by atoms with Crippen LogP contribution in [0.4, 0.5) is 5.69 Å². The lowest BCUT2D eigenvalue weighted by atomic mass is 10.3. The molecule has 0 aliphatic heterocycles. The summed E-state index contributed by atoms with van der Waals surface area (Å²) >= 11 is 6.31. The minimum absolute atomic E-state index is 0.866. The second-order valence-corrected chi connectivity index (χ2v) is 3.65. The Balaban J connectivity index is 2.77. The van der Waals surface area contributed by atoms with Crippen LogP contribution in [0, 0.1) is 0 Å². The predicted molar refractivity (Wildman–Crippen MR) is 57.5 cm³/mol. The monoisotopic (exact) mass is 195 g/mol. The lowest BCUT2D eigenvalue weighted by Gasteiger charge is -1.96. The third kappa shape index (κ3) is 2.78. The van der Waals surface area contributed by atoms with E-state index < -0.39 is 0 Å². The molecule has 0 saturated carbocycles. The molecule has 0 amide bonds. The molecule has 1 aromatic rings. The standard InChI is InChI=1S/C9H9NS2/c1-2-12-9-5-3-8(4-6-9)10-7-11/h3-6H,2H2,1H3. The Kier molecular flexibility index (Phi) is 4.01. The number of thiocarbonyl (C=S) groups is 1. The number of benzene rings is 1. The minimum atomic E-state index is 0.866. The van der Waals surface area contributed by atoms with Gasteiger partial charge in [0.25, 0.3) is 0 Å². The number of hydrogen-bond acceptors (Lipinski definition) is 3. The maximum absolute atomic E-state index is 4.50. The number of aliphatic imine (C=N–C) groups is 1. The van der Waals surface area contributed by atoms with Crippen molar-refractivity contribution in [1.82, 2.24) is 0 Å². The molecule has 0 aliphatic carbocycles. The highest BCUT2D eigenvalue weighted by Crippen LogP contribution is 2.20. The Morgan fingerprint density at radius 2 is 2.08 bits per heavy atom. The van der Waals surface area contributed by atoms with Crippen LogP contribution in [0.1, 0.15) is 6.92 Å². The first kappa shape index (κ1) is 9.46. The summed E-state index contributed by atoms with van der Waals surface area (Å²) < 4.78 is 0. The van der Waals surface area contributed by atoms with E-state index in [-0.39, 0.29) is 0 Å². The molecule has 0 aromatic heterocycles. The van der Waals surface area contributed by atoms with Crippen molar-refractivity contribution in [2.24, 2.45) is 4.99 Å². The fraction of sp³-hybridized carbons (Fsp3) is 0.222. The number of rotatable bonds is 3. The molecule has 0 N–H and O–H groups in total. The van der Waals surface area contributed by atoms with Crippen molar-refractivity contribution in [2.75, 3.05) is 5.75 Å². The molecule has 0 heterocycles. The van der Waals surface area contributed by atoms with Gasteiger partial charge in [0.15, 0.2) is 0 Å². The number of nitrogens with zero attached hydrogens (tertiary/aromatic N) is 1. The van der Waals surface area contributed by atoms with Crippen molar-refractivity contribution in [1.29, 1.82) is 0 Å². The zero-order valence-corrected chi connectivity index (χ0v) is 8.41. The van der Waals surface area contributed by atoms with Gasteiger partial charge in [-0.1, -0.05) is 6.92 Å². The average molecular weight is 195 g/mol. The summed E-state index contributed by atoms with van der Waals surface area (Å²) in [5.41, 5.74) is 0.866. The maximum atomic E-state index is 4.50. The van der Waals surface area contributed by atoms with Gasteiger partial charge >= 0.3 is 0 Å². The molecule has 0 saturated heterocycles. The van der Waals surface area contributed by atoms with Crippen molar-refractivity contribution in [2.45, 2.75) is 11.8 Å². The minimum Gasteiger partial charge on any atom is -0.195 e. The summed E-state index contributed by atoms with van der Waals surface area (Å²) in [6.45, 7) is 2.13. The fourth-order valence-corrected chi connectivity index (χ4v) is 1.60. The molecule has 1 rings (SSSR count). The molecule has 62 valence electrons. The highest BCUT2D eigenvalue weighted by atomic mass is 32.2. The summed E-state index contributed by atoms with van der Waals surface area (Å²) in [4.78, 5) is 5.13. The molecule has 1 aromatic carbocycles. The zero-order chi connectivity index (χ0) is 8.81. The molecule has 0 bridgehead atoms. The van der Waals surface area contributed by atoms with E-state index >= 15 is 0 Å². The van der Waals surface area contributed by atoms with Crippen molar-refractivity contribution >= 4 is 34.8 Å². The van der Waals surface area contributed by atoms with Crippen LogP contribution in [-0.4, -0.2) is 10.9 Å². The Morgan fingerprint density at radius 3 is 2.58 bits per heavy atom.